The van der Waals surface area contributed by atoms with Gasteiger partial charge >= 0.3 is 0 Å². The Morgan fingerprint density at radius 3 is 2.94 bits per heavy atom. The van der Waals surface area contributed by atoms with Crippen molar-refractivity contribution in [1.29, 1.82) is 0 Å². The van der Waals surface area contributed by atoms with Gasteiger partial charge in [0.2, 0.25) is 0 Å². The first-order valence-corrected chi connectivity index (χ1v) is 6.48. The molecule has 1 fully saturated rings. The minimum absolute atomic E-state index is 0.334. The first-order valence-electron chi connectivity index (χ1n) is 6.48. The monoisotopic (exact) mass is 229 g/mol. The van der Waals surface area contributed by atoms with Crippen molar-refractivity contribution in [2.24, 2.45) is 5.73 Å². The van der Waals surface area contributed by atoms with Crippen molar-refractivity contribution in [3.05, 3.63) is 35.9 Å². The lowest BCUT2D eigenvalue weighted by molar-refractivity contribution is 0.399. The molecule has 2 aromatic rings. The zero-order valence-corrected chi connectivity index (χ0v) is 10.3. The van der Waals surface area contributed by atoms with Gasteiger partial charge in [0.25, 0.3) is 0 Å². The van der Waals surface area contributed by atoms with Crippen LogP contribution in [0, 0.1) is 0 Å². The Kier molecular flexibility index (Phi) is 2.63. The fraction of sp³-hybridized carbons (Fsp3) is 0.500. The van der Waals surface area contributed by atoms with Gasteiger partial charge in [-0.2, -0.15) is 0 Å². The van der Waals surface area contributed by atoms with Crippen molar-refractivity contribution in [3.63, 3.8) is 0 Å². The Bertz CT molecular complexity index is 486. The van der Waals surface area contributed by atoms with Crippen LogP contribution in [0.15, 0.2) is 24.4 Å². The molecule has 2 N–H and O–H groups in total. The number of hydrogen-bond acceptors (Lipinski definition) is 2. The Labute approximate surface area is 102 Å². The summed E-state index contributed by atoms with van der Waals surface area (Å²) in [5.74, 6) is 2.23. The molecule has 1 unspecified atom stereocenters. The van der Waals surface area contributed by atoms with Gasteiger partial charge < -0.3 is 10.1 Å². The summed E-state index contributed by atoms with van der Waals surface area (Å²) in [7, 11) is 0. The van der Waals surface area contributed by atoms with Crippen LogP contribution in [-0.2, 0) is 0 Å². The van der Waals surface area contributed by atoms with Gasteiger partial charge in [-0.3, -0.25) is 0 Å². The molecule has 17 heavy (non-hydrogen) atoms. The molecule has 90 valence electrons. The maximum absolute atomic E-state index is 5.78. The fourth-order valence-electron chi connectivity index (χ4n) is 2.51. The first kappa shape index (κ1) is 10.8. The number of nitrogens with zero attached hydrogens (tertiary/aromatic N) is 2. The predicted octanol–water partition coefficient (Wildman–Crippen LogP) is 2.66. The van der Waals surface area contributed by atoms with E-state index < -0.39 is 0 Å². The second-order valence-electron chi connectivity index (χ2n) is 5.08. The summed E-state index contributed by atoms with van der Waals surface area (Å²) >= 11 is 0. The van der Waals surface area contributed by atoms with E-state index in [0.29, 0.717) is 18.4 Å². The third kappa shape index (κ3) is 1.65. The number of nitrogens with two attached hydrogens (primary N) is 1. The van der Waals surface area contributed by atoms with Crippen LogP contribution in [0.25, 0.3) is 5.52 Å². The molecule has 0 spiro atoms. The second-order valence-corrected chi connectivity index (χ2v) is 5.08. The molecule has 3 nitrogen and oxygen atoms in total. The number of hydrogen-bond donors (Lipinski definition) is 1. The van der Waals surface area contributed by atoms with Crippen LogP contribution in [0.4, 0.5) is 0 Å². The van der Waals surface area contributed by atoms with Crippen LogP contribution < -0.4 is 5.73 Å². The summed E-state index contributed by atoms with van der Waals surface area (Å²) in [6.45, 7) is 2.81. The highest BCUT2D eigenvalue weighted by atomic mass is 15.0. The standard InChI is InChI=1S/C14H19N3/c1-10(9-15)13-12-7-2-3-8-17(12)14(16-13)11-5-4-6-11/h2-3,7-8,10-11H,4-6,9,15H2,1H3. The van der Waals surface area contributed by atoms with Crippen LogP contribution in [-0.4, -0.2) is 15.9 Å². The highest BCUT2D eigenvalue weighted by Gasteiger charge is 2.26. The lowest BCUT2D eigenvalue weighted by Gasteiger charge is -2.23. The van der Waals surface area contributed by atoms with Crippen LogP contribution in [0.5, 0.6) is 0 Å². The third-order valence-corrected chi connectivity index (χ3v) is 3.89. The van der Waals surface area contributed by atoms with Gasteiger partial charge in [-0.1, -0.05) is 19.4 Å². The molecule has 3 heteroatoms. The van der Waals surface area contributed by atoms with E-state index >= 15 is 0 Å². The van der Waals surface area contributed by atoms with Gasteiger partial charge in [0, 0.05) is 24.6 Å². The molecular weight excluding hydrogens is 210 g/mol. The van der Waals surface area contributed by atoms with Gasteiger partial charge in [-0.05, 0) is 25.0 Å². The van der Waals surface area contributed by atoms with Gasteiger partial charge in [0.15, 0.2) is 0 Å². The van der Waals surface area contributed by atoms with Gasteiger partial charge in [-0.15, -0.1) is 0 Å². The predicted molar refractivity (Wildman–Crippen MR) is 69.3 cm³/mol. The van der Waals surface area contributed by atoms with E-state index in [1.807, 2.05) is 0 Å². The first-order chi connectivity index (χ1) is 8.31. The normalized spacial score (nSPS) is 18.2. The average Bonchev–Trinajstić information content (AvgIpc) is 2.66. The van der Waals surface area contributed by atoms with E-state index in [2.05, 4.69) is 35.7 Å². The van der Waals surface area contributed by atoms with Crippen LogP contribution in [0.1, 0.15) is 49.5 Å². The molecule has 1 aliphatic carbocycles. The minimum Gasteiger partial charge on any atom is -0.330 e. The fourth-order valence-corrected chi connectivity index (χ4v) is 2.51. The zero-order valence-electron chi connectivity index (χ0n) is 10.3. The SMILES string of the molecule is CC(CN)c1nc(C2CCC2)n2ccccc12. The van der Waals surface area contributed by atoms with E-state index in [1.165, 1.54) is 30.6 Å². The zero-order chi connectivity index (χ0) is 11.8. The van der Waals surface area contributed by atoms with E-state index in [9.17, 15) is 0 Å². The lowest BCUT2D eigenvalue weighted by atomic mass is 9.85. The van der Waals surface area contributed by atoms with E-state index in [-0.39, 0.29) is 0 Å². The summed E-state index contributed by atoms with van der Waals surface area (Å²) in [5, 5.41) is 0. The summed E-state index contributed by atoms with van der Waals surface area (Å²) in [5.41, 5.74) is 8.17. The van der Waals surface area contributed by atoms with Crippen molar-refractivity contribution < 1.29 is 0 Å². The Morgan fingerprint density at radius 1 is 1.47 bits per heavy atom. The van der Waals surface area contributed by atoms with Crippen LogP contribution in [0.2, 0.25) is 0 Å². The van der Waals surface area contributed by atoms with Crippen molar-refractivity contribution in [2.75, 3.05) is 6.54 Å². The molecular formula is C14H19N3. The summed E-state index contributed by atoms with van der Waals surface area (Å²) < 4.78 is 2.26. The quantitative estimate of drug-likeness (QED) is 0.879. The van der Waals surface area contributed by atoms with Crippen molar-refractivity contribution >= 4 is 5.52 Å². The summed E-state index contributed by atoms with van der Waals surface area (Å²) in [4.78, 5) is 4.87. The molecule has 0 aliphatic heterocycles. The maximum Gasteiger partial charge on any atom is 0.116 e. The summed E-state index contributed by atoms with van der Waals surface area (Å²) in [6.07, 6.45) is 6.03. The topological polar surface area (TPSA) is 43.3 Å². The van der Waals surface area contributed by atoms with Crippen molar-refractivity contribution in [2.45, 2.75) is 38.0 Å². The molecule has 0 bridgehead atoms. The van der Waals surface area contributed by atoms with Crippen molar-refractivity contribution in [1.82, 2.24) is 9.38 Å². The number of rotatable bonds is 3. The van der Waals surface area contributed by atoms with Gasteiger partial charge in [0.1, 0.15) is 5.82 Å². The van der Waals surface area contributed by atoms with Crippen molar-refractivity contribution in [3.8, 4) is 0 Å². The smallest absolute Gasteiger partial charge is 0.116 e. The van der Waals surface area contributed by atoms with E-state index in [0.717, 1.165) is 5.69 Å². The maximum atomic E-state index is 5.78. The van der Waals surface area contributed by atoms with E-state index in [1.54, 1.807) is 0 Å². The molecule has 1 atom stereocenters. The highest BCUT2D eigenvalue weighted by Crippen LogP contribution is 2.37. The molecule has 3 rings (SSSR count). The lowest BCUT2D eigenvalue weighted by Crippen LogP contribution is -2.13. The molecule has 2 aromatic heterocycles. The number of aromatic nitrogens is 2. The van der Waals surface area contributed by atoms with Gasteiger partial charge in [-0.25, -0.2) is 4.98 Å². The molecule has 1 saturated carbocycles. The number of fused-ring (bicyclic) bond motifs is 1. The van der Waals surface area contributed by atoms with Crippen LogP contribution >= 0.6 is 0 Å². The Hall–Kier alpha value is -1.35. The minimum atomic E-state index is 0.334. The molecule has 0 amide bonds. The second kappa shape index (κ2) is 4.15. The summed E-state index contributed by atoms with van der Waals surface area (Å²) in [6, 6.07) is 6.30. The molecule has 0 saturated heterocycles. The van der Waals surface area contributed by atoms with Crippen LogP contribution in [0.3, 0.4) is 0 Å². The molecule has 0 aromatic carbocycles. The molecule has 2 heterocycles. The largest absolute Gasteiger partial charge is 0.330 e. The molecule has 1 aliphatic rings. The highest BCUT2D eigenvalue weighted by molar-refractivity contribution is 5.55. The Morgan fingerprint density at radius 2 is 2.29 bits per heavy atom. The third-order valence-electron chi connectivity index (χ3n) is 3.89. The molecule has 0 radical (unpaired) electrons. The number of imidazole rings is 1. The average molecular weight is 229 g/mol. The number of pyridine rings is 1. The Balaban J connectivity index is 2.15. The van der Waals surface area contributed by atoms with Gasteiger partial charge in [0.05, 0.1) is 11.2 Å². The van der Waals surface area contributed by atoms with E-state index in [4.69, 9.17) is 10.7 Å².